The largest absolute Gasteiger partial charge is 0.345 e. The minimum atomic E-state index is -0.0421. The highest BCUT2D eigenvalue weighted by molar-refractivity contribution is 5.95. The lowest BCUT2D eigenvalue weighted by molar-refractivity contribution is 0.0826. The van der Waals surface area contributed by atoms with Crippen molar-refractivity contribution in [3.05, 3.63) is 35.9 Å². The lowest BCUT2D eigenvalue weighted by atomic mass is 10.1. The molecular formula is C14H18N6O. The molecule has 1 saturated heterocycles. The number of hydrogen-bond donors (Lipinski definition) is 1. The number of amides is 1. The number of nitrogens with one attached hydrogen (secondary N) is 1. The topological polar surface area (TPSA) is 78.0 Å². The van der Waals surface area contributed by atoms with E-state index in [1.54, 1.807) is 43.7 Å². The molecule has 0 radical (unpaired) electrons. The molecule has 0 aromatic carbocycles. The molecule has 1 aliphatic heterocycles. The molecule has 0 bridgehead atoms. The summed E-state index contributed by atoms with van der Waals surface area (Å²) >= 11 is 0. The Balaban J connectivity index is 1.93. The van der Waals surface area contributed by atoms with Gasteiger partial charge in [-0.1, -0.05) is 0 Å². The second-order valence-electron chi connectivity index (χ2n) is 5.30. The third kappa shape index (κ3) is 2.46. The van der Waals surface area contributed by atoms with Gasteiger partial charge in [0.25, 0.3) is 5.91 Å². The van der Waals surface area contributed by atoms with Gasteiger partial charge in [-0.3, -0.25) is 9.89 Å². The Kier molecular flexibility index (Phi) is 3.55. The van der Waals surface area contributed by atoms with Crippen molar-refractivity contribution in [3.8, 4) is 0 Å². The molecule has 2 aromatic heterocycles. The summed E-state index contributed by atoms with van der Waals surface area (Å²) in [4.78, 5) is 24.6. The monoisotopic (exact) mass is 286 g/mol. The summed E-state index contributed by atoms with van der Waals surface area (Å²) in [5, 5.41) is 7.05. The molecule has 1 N–H and O–H groups in total. The predicted molar refractivity (Wildman–Crippen MR) is 78.0 cm³/mol. The number of nitrogens with zero attached hydrogens (tertiary/aromatic N) is 5. The van der Waals surface area contributed by atoms with Crippen molar-refractivity contribution >= 4 is 11.9 Å². The van der Waals surface area contributed by atoms with Crippen molar-refractivity contribution in [2.45, 2.75) is 18.9 Å². The van der Waals surface area contributed by atoms with Crippen LogP contribution in [0.1, 0.15) is 34.9 Å². The molecule has 0 unspecified atom stereocenters. The Labute approximate surface area is 123 Å². The first kappa shape index (κ1) is 13.5. The fraction of sp³-hybridized carbons (Fsp3) is 0.429. The molecule has 3 heterocycles. The van der Waals surface area contributed by atoms with Gasteiger partial charge in [0.2, 0.25) is 5.95 Å². The maximum Gasteiger partial charge on any atom is 0.256 e. The molecule has 3 rings (SSSR count). The van der Waals surface area contributed by atoms with Crippen molar-refractivity contribution < 1.29 is 4.79 Å². The average Bonchev–Trinajstić information content (AvgIpc) is 3.15. The van der Waals surface area contributed by atoms with E-state index in [2.05, 4.69) is 25.1 Å². The van der Waals surface area contributed by atoms with Crippen LogP contribution in [-0.2, 0) is 0 Å². The van der Waals surface area contributed by atoms with Crippen LogP contribution < -0.4 is 4.90 Å². The molecule has 0 saturated carbocycles. The number of aromatic nitrogens is 4. The summed E-state index contributed by atoms with van der Waals surface area (Å²) in [6, 6.07) is 1.86. The zero-order chi connectivity index (χ0) is 14.8. The van der Waals surface area contributed by atoms with E-state index >= 15 is 0 Å². The molecule has 110 valence electrons. The van der Waals surface area contributed by atoms with Crippen LogP contribution in [0, 0.1) is 0 Å². The summed E-state index contributed by atoms with van der Waals surface area (Å²) < 4.78 is 0. The van der Waals surface area contributed by atoms with E-state index in [9.17, 15) is 4.79 Å². The molecule has 1 amide bonds. The number of hydrogen-bond acceptors (Lipinski definition) is 5. The fourth-order valence-electron chi connectivity index (χ4n) is 2.71. The molecule has 0 spiro atoms. The summed E-state index contributed by atoms with van der Waals surface area (Å²) in [5.41, 5.74) is 1.46. The van der Waals surface area contributed by atoms with Gasteiger partial charge in [-0.25, -0.2) is 9.97 Å². The van der Waals surface area contributed by atoms with Crippen LogP contribution in [0.3, 0.4) is 0 Å². The van der Waals surface area contributed by atoms with Crippen molar-refractivity contribution in [1.82, 2.24) is 25.1 Å². The minimum absolute atomic E-state index is 0.0421. The van der Waals surface area contributed by atoms with Crippen molar-refractivity contribution in [2.24, 2.45) is 0 Å². The summed E-state index contributed by atoms with van der Waals surface area (Å²) in [6.45, 7) is 0.878. The van der Waals surface area contributed by atoms with Gasteiger partial charge in [-0.15, -0.1) is 0 Å². The quantitative estimate of drug-likeness (QED) is 0.918. The van der Waals surface area contributed by atoms with E-state index in [4.69, 9.17) is 0 Å². The van der Waals surface area contributed by atoms with Crippen LogP contribution in [0.5, 0.6) is 0 Å². The van der Waals surface area contributed by atoms with Gasteiger partial charge in [-0.2, -0.15) is 5.10 Å². The molecule has 7 nitrogen and oxygen atoms in total. The standard InChI is InChI=1S/C14H18N6O/c1-19(2)13(21)10-9-17-18-12(10)11-5-3-8-20(11)14-15-6-4-7-16-14/h4,6-7,9,11H,3,5,8H2,1-2H3,(H,17,18)/t11-/m0/s1. The highest BCUT2D eigenvalue weighted by Gasteiger charge is 2.32. The molecule has 1 atom stereocenters. The van der Waals surface area contributed by atoms with Gasteiger partial charge >= 0.3 is 0 Å². The Morgan fingerprint density at radius 3 is 2.86 bits per heavy atom. The molecular weight excluding hydrogens is 268 g/mol. The zero-order valence-electron chi connectivity index (χ0n) is 12.2. The summed E-state index contributed by atoms with van der Waals surface area (Å²) in [6.07, 6.45) is 7.05. The van der Waals surface area contributed by atoms with Crippen molar-refractivity contribution in [1.29, 1.82) is 0 Å². The highest BCUT2D eigenvalue weighted by atomic mass is 16.2. The number of carbonyl (C=O) groups excluding carboxylic acids is 1. The lowest BCUT2D eigenvalue weighted by Gasteiger charge is -2.24. The second kappa shape index (κ2) is 5.51. The minimum Gasteiger partial charge on any atom is -0.345 e. The van der Waals surface area contributed by atoms with Crippen LogP contribution in [0.15, 0.2) is 24.7 Å². The smallest absolute Gasteiger partial charge is 0.256 e. The summed E-state index contributed by atoms with van der Waals surface area (Å²) in [7, 11) is 3.48. The third-order valence-corrected chi connectivity index (χ3v) is 3.70. The van der Waals surface area contributed by atoms with Crippen LogP contribution in [0.25, 0.3) is 0 Å². The molecule has 1 fully saturated rings. The van der Waals surface area contributed by atoms with Gasteiger partial charge < -0.3 is 9.80 Å². The van der Waals surface area contributed by atoms with E-state index in [-0.39, 0.29) is 11.9 Å². The molecule has 7 heteroatoms. The highest BCUT2D eigenvalue weighted by Crippen LogP contribution is 2.34. The Morgan fingerprint density at radius 2 is 2.14 bits per heavy atom. The summed E-state index contributed by atoms with van der Waals surface area (Å²) in [5.74, 6) is 0.650. The van der Waals surface area contributed by atoms with Crippen molar-refractivity contribution in [2.75, 3.05) is 25.5 Å². The Hall–Kier alpha value is -2.44. The SMILES string of the molecule is CN(C)C(=O)c1cn[nH]c1[C@@H]1CCCN1c1ncccn1. The van der Waals surface area contributed by atoms with Gasteiger partial charge in [0.15, 0.2) is 0 Å². The zero-order valence-corrected chi connectivity index (χ0v) is 12.2. The molecule has 1 aliphatic rings. The predicted octanol–water partition coefficient (Wildman–Crippen LogP) is 1.24. The average molecular weight is 286 g/mol. The molecule has 21 heavy (non-hydrogen) atoms. The molecule has 0 aliphatic carbocycles. The van der Waals surface area contributed by atoms with Gasteiger partial charge in [0.05, 0.1) is 23.5 Å². The number of H-pyrrole nitrogens is 1. The first-order valence-electron chi connectivity index (χ1n) is 6.97. The van der Waals surface area contributed by atoms with Crippen molar-refractivity contribution in [3.63, 3.8) is 0 Å². The Bertz CT molecular complexity index is 623. The lowest BCUT2D eigenvalue weighted by Crippen LogP contribution is -2.28. The van der Waals surface area contributed by atoms with Gasteiger partial charge in [0, 0.05) is 33.0 Å². The third-order valence-electron chi connectivity index (χ3n) is 3.70. The van der Waals surface area contributed by atoms with Gasteiger partial charge in [0.1, 0.15) is 0 Å². The number of anilines is 1. The number of rotatable bonds is 3. The first-order valence-corrected chi connectivity index (χ1v) is 6.97. The van der Waals surface area contributed by atoms with E-state index in [1.165, 1.54) is 0 Å². The first-order chi connectivity index (χ1) is 10.2. The normalized spacial score (nSPS) is 18.0. The van der Waals surface area contributed by atoms with Crippen LogP contribution in [0.4, 0.5) is 5.95 Å². The van der Waals surface area contributed by atoms with Crippen LogP contribution in [-0.4, -0.2) is 51.6 Å². The maximum atomic E-state index is 12.2. The van der Waals surface area contributed by atoms with E-state index in [0.717, 1.165) is 25.1 Å². The molecule has 2 aromatic rings. The van der Waals surface area contributed by atoms with Gasteiger partial charge in [-0.05, 0) is 18.9 Å². The Morgan fingerprint density at radius 1 is 1.38 bits per heavy atom. The fourth-order valence-corrected chi connectivity index (χ4v) is 2.71. The van der Waals surface area contributed by atoms with E-state index in [1.807, 2.05) is 0 Å². The second-order valence-corrected chi connectivity index (χ2v) is 5.30. The number of aromatic amines is 1. The van der Waals surface area contributed by atoms with Crippen LogP contribution in [0.2, 0.25) is 0 Å². The maximum absolute atomic E-state index is 12.2. The van der Waals surface area contributed by atoms with E-state index in [0.29, 0.717) is 11.5 Å². The number of carbonyl (C=O) groups is 1. The van der Waals surface area contributed by atoms with Crippen LogP contribution >= 0.6 is 0 Å². The van der Waals surface area contributed by atoms with E-state index < -0.39 is 0 Å².